The molecule has 1 atom stereocenters. The van der Waals surface area contributed by atoms with Gasteiger partial charge in [0.15, 0.2) is 0 Å². The van der Waals surface area contributed by atoms with Crippen molar-refractivity contribution in [2.45, 2.75) is 13.0 Å². The summed E-state index contributed by atoms with van der Waals surface area (Å²) in [6, 6.07) is 5.59. The Morgan fingerprint density at radius 2 is 2.18 bits per heavy atom. The Kier molecular flexibility index (Phi) is 4.90. The summed E-state index contributed by atoms with van der Waals surface area (Å²) < 4.78 is 10.6. The van der Waals surface area contributed by atoms with E-state index >= 15 is 0 Å². The number of methoxy groups -OCH3 is 1. The Hall–Kier alpha value is -2.67. The number of ether oxygens (including phenoxy) is 1. The molecule has 0 aliphatic rings. The van der Waals surface area contributed by atoms with E-state index in [0.29, 0.717) is 5.76 Å². The molecule has 0 saturated carbocycles. The quantitative estimate of drug-likeness (QED) is 0.843. The van der Waals surface area contributed by atoms with Gasteiger partial charge in [-0.15, -0.1) is 0 Å². The van der Waals surface area contributed by atoms with Gasteiger partial charge in [0, 0.05) is 13.3 Å². The van der Waals surface area contributed by atoms with Gasteiger partial charge in [0.2, 0.25) is 0 Å². The highest BCUT2D eigenvalue weighted by Gasteiger charge is 2.20. The van der Waals surface area contributed by atoms with E-state index in [1.165, 1.54) is 25.4 Å². The smallest absolute Gasteiger partial charge is 0.335 e. The molecule has 0 spiro atoms. The lowest BCUT2D eigenvalue weighted by atomic mass is 10.2. The van der Waals surface area contributed by atoms with Gasteiger partial charge in [-0.3, -0.25) is 9.78 Å². The number of carbonyl (C=O) groups is 2. The van der Waals surface area contributed by atoms with Crippen molar-refractivity contribution in [2.24, 2.45) is 0 Å². The summed E-state index contributed by atoms with van der Waals surface area (Å²) in [6.07, 6.45) is 1.28. The van der Waals surface area contributed by atoms with Crippen LogP contribution in [0, 0.1) is 6.92 Å². The normalized spacial score (nSPS) is 11.9. The third kappa shape index (κ3) is 3.70. The largest absolute Gasteiger partial charge is 0.478 e. The molecule has 0 aliphatic heterocycles. The first-order chi connectivity index (χ1) is 10.5. The average molecular weight is 304 g/mol. The molecule has 2 N–H and O–H groups in total. The lowest BCUT2D eigenvalue weighted by Crippen LogP contribution is -2.31. The Morgan fingerprint density at radius 1 is 1.41 bits per heavy atom. The van der Waals surface area contributed by atoms with Gasteiger partial charge in [-0.05, 0) is 31.2 Å². The fourth-order valence-corrected chi connectivity index (χ4v) is 1.92. The molecule has 2 aromatic rings. The van der Waals surface area contributed by atoms with Crippen molar-refractivity contribution in [1.29, 1.82) is 0 Å². The molecule has 116 valence electrons. The second-order valence-corrected chi connectivity index (χ2v) is 4.66. The van der Waals surface area contributed by atoms with Crippen LogP contribution in [0.3, 0.4) is 0 Å². The number of hydrogen-bond acceptors (Lipinski definition) is 5. The minimum atomic E-state index is -1.12. The van der Waals surface area contributed by atoms with Gasteiger partial charge in [0.1, 0.15) is 23.3 Å². The van der Waals surface area contributed by atoms with Gasteiger partial charge in [0.25, 0.3) is 5.91 Å². The van der Waals surface area contributed by atoms with Crippen LogP contribution in [0.4, 0.5) is 0 Å². The predicted octanol–water partition coefficient (Wildman–Crippen LogP) is 1.80. The molecule has 0 fully saturated rings. The molecule has 1 unspecified atom stereocenters. The number of pyridine rings is 1. The monoisotopic (exact) mass is 304 g/mol. The molecule has 7 nitrogen and oxygen atoms in total. The third-order valence-electron chi connectivity index (χ3n) is 2.98. The van der Waals surface area contributed by atoms with Gasteiger partial charge in [-0.2, -0.15) is 0 Å². The zero-order chi connectivity index (χ0) is 16.1. The predicted molar refractivity (Wildman–Crippen MR) is 76.7 cm³/mol. The van der Waals surface area contributed by atoms with Crippen LogP contribution in [0.25, 0.3) is 0 Å². The number of rotatable bonds is 6. The molecule has 7 heteroatoms. The van der Waals surface area contributed by atoms with Crippen LogP contribution in [-0.2, 0) is 4.74 Å². The van der Waals surface area contributed by atoms with Crippen LogP contribution in [0.1, 0.15) is 38.4 Å². The summed E-state index contributed by atoms with van der Waals surface area (Å²) in [5.41, 5.74) is 0.0153. The Labute approximate surface area is 126 Å². The van der Waals surface area contributed by atoms with E-state index in [-0.39, 0.29) is 17.9 Å². The van der Waals surface area contributed by atoms with E-state index < -0.39 is 17.9 Å². The molecule has 0 radical (unpaired) electrons. The van der Waals surface area contributed by atoms with Crippen LogP contribution in [0.5, 0.6) is 0 Å². The molecule has 22 heavy (non-hydrogen) atoms. The highest BCUT2D eigenvalue weighted by Crippen LogP contribution is 2.17. The Bertz CT molecular complexity index is 680. The summed E-state index contributed by atoms with van der Waals surface area (Å²) in [5, 5.41) is 11.7. The average Bonchev–Trinajstić information content (AvgIpc) is 2.93. The van der Waals surface area contributed by atoms with Crippen LogP contribution >= 0.6 is 0 Å². The molecule has 2 heterocycles. The number of hydrogen-bond donors (Lipinski definition) is 2. The number of carboxylic acids is 1. The summed E-state index contributed by atoms with van der Waals surface area (Å²) >= 11 is 0. The SMILES string of the molecule is COCC(NC(=O)c1cc(C(=O)O)ccn1)c1ccc(C)o1. The summed E-state index contributed by atoms with van der Waals surface area (Å²) in [4.78, 5) is 27.0. The summed E-state index contributed by atoms with van der Waals surface area (Å²) in [5.74, 6) is -0.343. The number of carbonyl (C=O) groups excluding carboxylic acids is 1. The van der Waals surface area contributed by atoms with Gasteiger partial charge >= 0.3 is 5.97 Å². The van der Waals surface area contributed by atoms with E-state index in [0.717, 1.165) is 5.76 Å². The summed E-state index contributed by atoms with van der Waals surface area (Å²) in [6.45, 7) is 2.02. The maximum absolute atomic E-state index is 12.2. The topological polar surface area (TPSA) is 102 Å². The number of furan rings is 1. The van der Waals surface area contributed by atoms with E-state index in [1.807, 2.05) is 0 Å². The first-order valence-corrected chi connectivity index (χ1v) is 6.56. The molecule has 2 rings (SSSR count). The van der Waals surface area contributed by atoms with Gasteiger partial charge in [0.05, 0.1) is 12.2 Å². The van der Waals surface area contributed by atoms with E-state index in [1.54, 1.807) is 19.1 Å². The standard InChI is InChI=1S/C15H16N2O5/c1-9-3-4-13(22-9)12(8-21-2)17-14(18)11-7-10(15(19)20)5-6-16-11/h3-7,12H,8H2,1-2H3,(H,17,18)(H,19,20). The molecular formula is C15H16N2O5. The number of aromatic carboxylic acids is 1. The summed E-state index contributed by atoms with van der Waals surface area (Å²) in [7, 11) is 1.51. The molecule has 0 saturated heterocycles. The molecule has 0 aromatic carbocycles. The van der Waals surface area contributed by atoms with Crippen molar-refractivity contribution in [2.75, 3.05) is 13.7 Å². The first kappa shape index (κ1) is 15.7. The molecule has 0 aliphatic carbocycles. The highest BCUT2D eigenvalue weighted by atomic mass is 16.5. The van der Waals surface area contributed by atoms with Crippen molar-refractivity contribution < 1.29 is 23.8 Å². The van der Waals surface area contributed by atoms with Crippen LogP contribution in [0.15, 0.2) is 34.9 Å². The van der Waals surface area contributed by atoms with Crippen LogP contribution in [0.2, 0.25) is 0 Å². The number of nitrogens with one attached hydrogen (secondary N) is 1. The van der Waals surface area contributed by atoms with E-state index in [2.05, 4.69) is 10.3 Å². The number of amides is 1. The van der Waals surface area contributed by atoms with Crippen molar-refractivity contribution in [3.63, 3.8) is 0 Å². The lowest BCUT2D eigenvalue weighted by Gasteiger charge is -2.15. The minimum Gasteiger partial charge on any atom is -0.478 e. The maximum atomic E-state index is 12.2. The van der Waals surface area contributed by atoms with E-state index in [9.17, 15) is 9.59 Å². The third-order valence-corrected chi connectivity index (χ3v) is 2.98. The Morgan fingerprint density at radius 3 is 2.77 bits per heavy atom. The molecule has 0 bridgehead atoms. The van der Waals surface area contributed by atoms with Gasteiger partial charge in [-0.1, -0.05) is 0 Å². The number of carboxylic acid groups (broad SMARTS) is 1. The van der Waals surface area contributed by atoms with Crippen LogP contribution < -0.4 is 5.32 Å². The van der Waals surface area contributed by atoms with Gasteiger partial charge in [-0.25, -0.2) is 4.79 Å². The number of aromatic nitrogens is 1. The first-order valence-electron chi connectivity index (χ1n) is 6.56. The molecular weight excluding hydrogens is 288 g/mol. The second kappa shape index (κ2) is 6.86. The number of nitrogens with zero attached hydrogens (tertiary/aromatic N) is 1. The van der Waals surface area contributed by atoms with Crippen molar-refractivity contribution in [3.05, 3.63) is 53.2 Å². The van der Waals surface area contributed by atoms with E-state index in [4.69, 9.17) is 14.3 Å². The lowest BCUT2D eigenvalue weighted by molar-refractivity contribution is 0.0696. The zero-order valence-corrected chi connectivity index (χ0v) is 12.2. The fraction of sp³-hybridized carbons (Fsp3) is 0.267. The van der Waals surface area contributed by atoms with Crippen molar-refractivity contribution in [3.8, 4) is 0 Å². The Balaban J connectivity index is 2.17. The maximum Gasteiger partial charge on any atom is 0.335 e. The van der Waals surface area contributed by atoms with Crippen LogP contribution in [-0.4, -0.2) is 35.7 Å². The second-order valence-electron chi connectivity index (χ2n) is 4.66. The molecule has 1 amide bonds. The fourth-order valence-electron chi connectivity index (χ4n) is 1.92. The zero-order valence-electron chi connectivity index (χ0n) is 12.2. The number of aryl methyl sites for hydroxylation is 1. The molecule has 2 aromatic heterocycles. The van der Waals surface area contributed by atoms with Crippen molar-refractivity contribution in [1.82, 2.24) is 10.3 Å². The highest BCUT2D eigenvalue weighted by molar-refractivity contribution is 5.95. The van der Waals surface area contributed by atoms with Gasteiger partial charge < -0.3 is 19.6 Å². The minimum absolute atomic E-state index is 0.00251. The van der Waals surface area contributed by atoms with Crippen molar-refractivity contribution >= 4 is 11.9 Å².